The summed E-state index contributed by atoms with van der Waals surface area (Å²) in [5.41, 5.74) is 10.7. The van der Waals surface area contributed by atoms with Crippen LogP contribution in [0.3, 0.4) is 0 Å². The summed E-state index contributed by atoms with van der Waals surface area (Å²) in [6, 6.07) is 2.01. The average molecular weight is 223 g/mol. The van der Waals surface area contributed by atoms with Crippen LogP contribution in [0.4, 0.5) is 0 Å². The van der Waals surface area contributed by atoms with Crippen molar-refractivity contribution >= 4 is 0 Å². The highest BCUT2D eigenvalue weighted by Gasteiger charge is 2.15. The minimum absolute atomic E-state index is 0.0756. The van der Waals surface area contributed by atoms with Gasteiger partial charge in [-0.3, -0.25) is 0 Å². The number of benzene rings is 1. The van der Waals surface area contributed by atoms with E-state index in [1.54, 1.807) is 14.2 Å². The van der Waals surface area contributed by atoms with Crippen LogP contribution in [0.15, 0.2) is 6.07 Å². The lowest BCUT2D eigenvalue weighted by Gasteiger charge is -2.19. The van der Waals surface area contributed by atoms with E-state index in [4.69, 9.17) is 15.2 Å². The quantitative estimate of drug-likeness (QED) is 0.851. The summed E-state index contributed by atoms with van der Waals surface area (Å²) in [4.78, 5) is 0. The first kappa shape index (κ1) is 13.0. The van der Waals surface area contributed by atoms with E-state index in [2.05, 4.69) is 19.9 Å². The van der Waals surface area contributed by atoms with E-state index in [0.717, 1.165) is 22.4 Å². The molecule has 3 nitrogen and oxygen atoms in total. The van der Waals surface area contributed by atoms with Gasteiger partial charge in [-0.25, -0.2) is 0 Å². The number of hydrogen-bond donors (Lipinski definition) is 1. The molecule has 2 N–H and O–H groups in total. The molecule has 1 aromatic carbocycles. The monoisotopic (exact) mass is 223 g/mol. The maximum Gasteiger partial charge on any atom is 0.124 e. The fourth-order valence-corrected chi connectivity index (χ4v) is 2.06. The molecule has 0 aromatic heterocycles. The standard InChI is InChI=1S/C13H21NO2/c1-8-6-11(12(14)7-15-4)9(2)10(3)13(8)16-5/h6,12H,7,14H2,1-5H3. The third kappa shape index (κ3) is 2.36. The van der Waals surface area contributed by atoms with E-state index >= 15 is 0 Å². The number of nitrogens with two attached hydrogens (primary N) is 1. The third-order valence-corrected chi connectivity index (χ3v) is 3.02. The molecule has 0 aliphatic heterocycles. The van der Waals surface area contributed by atoms with Crippen molar-refractivity contribution in [3.63, 3.8) is 0 Å². The van der Waals surface area contributed by atoms with E-state index in [1.165, 1.54) is 5.56 Å². The largest absolute Gasteiger partial charge is 0.496 e. The van der Waals surface area contributed by atoms with Gasteiger partial charge < -0.3 is 15.2 Å². The Balaban J connectivity index is 3.22. The maximum atomic E-state index is 6.07. The number of methoxy groups -OCH3 is 2. The number of rotatable bonds is 4. The molecule has 0 heterocycles. The second-order valence-electron chi connectivity index (χ2n) is 4.13. The molecule has 0 bridgehead atoms. The summed E-state index contributed by atoms with van der Waals surface area (Å²) in [7, 11) is 3.36. The molecular weight excluding hydrogens is 202 g/mol. The van der Waals surface area contributed by atoms with Crippen molar-refractivity contribution < 1.29 is 9.47 Å². The normalized spacial score (nSPS) is 12.6. The van der Waals surface area contributed by atoms with Gasteiger partial charge in [-0.05, 0) is 43.0 Å². The van der Waals surface area contributed by atoms with Crippen molar-refractivity contribution in [1.82, 2.24) is 0 Å². The maximum absolute atomic E-state index is 6.07. The first-order valence-electron chi connectivity index (χ1n) is 5.42. The van der Waals surface area contributed by atoms with Crippen LogP contribution >= 0.6 is 0 Å². The van der Waals surface area contributed by atoms with Gasteiger partial charge in [0, 0.05) is 7.11 Å². The van der Waals surface area contributed by atoms with Gasteiger partial charge in [0.1, 0.15) is 5.75 Å². The van der Waals surface area contributed by atoms with Crippen LogP contribution in [0, 0.1) is 20.8 Å². The summed E-state index contributed by atoms with van der Waals surface area (Å²) in [5.74, 6) is 0.950. The van der Waals surface area contributed by atoms with Crippen molar-refractivity contribution in [2.75, 3.05) is 20.8 Å². The van der Waals surface area contributed by atoms with Crippen LogP contribution in [0.1, 0.15) is 28.3 Å². The highest BCUT2D eigenvalue weighted by atomic mass is 16.5. The number of ether oxygens (including phenoxy) is 2. The topological polar surface area (TPSA) is 44.5 Å². The highest BCUT2D eigenvalue weighted by molar-refractivity contribution is 5.49. The molecule has 0 aliphatic rings. The van der Waals surface area contributed by atoms with Gasteiger partial charge in [0.05, 0.1) is 19.8 Å². The van der Waals surface area contributed by atoms with Crippen LogP contribution in [0.2, 0.25) is 0 Å². The lowest BCUT2D eigenvalue weighted by molar-refractivity contribution is 0.180. The Hall–Kier alpha value is -1.06. The second-order valence-corrected chi connectivity index (χ2v) is 4.13. The van der Waals surface area contributed by atoms with Crippen molar-refractivity contribution in [1.29, 1.82) is 0 Å². The van der Waals surface area contributed by atoms with E-state index in [9.17, 15) is 0 Å². The smallest absolute Gasteiger partial charge is 0.124 e. The molecule has 1 rings (SSSR count). The summed E-state index contributed by atoms with van der Waals surface area (Å²) in [6.07, 6.45) is 0. The van der Waals surface area contributed by atoms with E-state index in [0.29, 0.717) is 6.61 Å². The molecule has 1 aromatic rings. The van der Waals surface area contributed by atoms with Crippen LogP contribution in [-0.4, -0.2) is 20.8 Å². The SMILES string of the molecule is COCC(N)c1cc(C)c(OC)c(C)c1C. The van der Waals surface area contributed by atoms with Crippen LogP contribution in [-0.2, 0) is 4.74 Å². The van der Waals surface area contributed by atoms with Gasteiger partial charge in [0.25, 0.3) is 0 Å². The van der Waals surface area contributed by atoms with E-state index in [-0.39, 0.29) is 6.04 Å². The molecule has 0 radical (unpaired) electrons. The Morgan fingerprint density at radius 3 is 2.31 bits per heavy atom. The molecule has 1 unspecified atom stereocenters. The minimum Gasteiger partial charge on any atom is -0.496 e. The Morgan fingerprint density at radius 2 is 1.81 bits per heavy atom. The van der Waals surface area contributed by atoms with Crippen LogP contribution in [0.5, 0.6) is 5.75 Å². The zero-order valence-corrected chi connectivity index (χ0v) is 10.8. The fourth-order valence-electron chi connectivity index (χ4n) is 2.06. The molecule has 90 valence electrons. The Labute approximate surface area is 97.6 Å². The Bertz CT molecular complexity index is 375. The zero-order valence-electron chi connectivity index (χ0n) is 10.8. The van der Waals surface area contributed by atoms with E-state index in [1.807, 2.05) is 6.92 Å². The Kier molecular flexibility index (Phi) is 4.33. The second kappa shape index (κ2) is 5.32. The first-order chi connectivity index (χ1) is 7.52. The highest BCUT2D eigenvalue weighted by Crippen LogP contribution is 2.30. The molecule has 3 heteroatoms. The predicted octanol–water partition coefficient (Wildman–Crippen LogP) is 2.27. The molecule has 1 atom stereocenters. The number of hydrogen-bond acceptors (Lipinski definition) is 3. The van der Waals surface area contributed by atoms with Gasteiger partial charge >= 0.3 is 0 Å². The van der Waals surface area contributed by atoms with Crippen molar-refractivity contribution in [3.05, 3.63) is 28.3 Å². The molecule has 0 saturated heterocycles. The van der Waals surface area contributed by atoms with Crippen molar-refractivity contribution in [3.8, 4) is 5.75 Å². The lowest BCUT2D eigenvalue weighted by atomic mass is 9.94. The van der Waals surface area contributed by atoms with Gasteiger partial charge in [-0.2, -0.15) is 0 Å². The van der Waals surface area contributed by atoms with Gasteiger partial charge in [-0.15, -0.1) is 0 Å². The van der Waals surface area contributed by atoms with E-state index < -0.39 is 0 Å². The molecule has 0 aliphatic carbocycles. The first-order valence-corrected chi connectivity index (χ1v) is 5.42. The number of aryl methyl sites for hydroxylation is 1. The van der Waals surface area contributed by atoms with Gasteiger partial charge in [0.2, 0.25) is 0 Å². The minimum atomic E-state index is -0.0756. The molecule has 0 spiro atoms. The summed E-state index contributed by atoms with van der Waals surface area (Å²) in [5, 5.41) is 0. The Morgan fingerprint density at radius 1 is 1.19 bits per heavy atom. The summed E-state index contributed by atoms with van der Waals surface area (Å²) < 4.78 is 10.5. The van der Waals surface area contributed by atoms with Gasteiger partial charge in [0.15, 0.2) is 0 Å². The van der Waals surface area contributed by atoms with Crippen molar-refractivity contribution in [2.45, 2.75) is 26.8 Å². The van der Waals surface area contributed by atoms with Gasteiger partial charge in [-0.1, -0.05) is 6.07 Å². The van der Waals surface area contributed by atoms with Crippen LogP contribution < -0.4 is 10.5 Å². The van der Waals surface area contributed by atoms with Crippen LogP contribution in [0.25, 0.3) is 0 Å². The molecule has 0 amide bonds. The molecule has 0 fully saturated rings. The lowest BCUT2D eigenvalue weighted by Crippen LogP contribution is -2.18. The molecule has 0 saturated carbocycles. The molecule has 16 heavy (non-hydrogen) atoms. The fraction of sp³-hybridized carbons (Fsp3) is 0.538. The average Bonchev–Trinajstić information content (AvgIpc) is 2.24. The third-order valence-electron chi connectivity index (χ3n) is 3.02. The van der Waals surface area contributed by atoms with Crippen molar-refractivity contribution in [2.24, 2.45) is 5.73 Å². The summed E-state index contributed by atoms with van der Waals surface area (Å²) in [6.45, 7) is 6.70. The predicted molar refractivity (Wildman–Crippen MR) is 66.0 cm³/mol. The molecular formula is C13H21NO2. The zero-order chi connectivity index (χ0) is 12.3. The summed E-state index contributed by atoms with van der Waals surface area (Å²) >= 11 is 0.